The van der Waals surface area contributed by atoms with E-state index in [0.29, 0.717) is 0 Å². The van der Waals surface area contributed by atoms with E-state index in [0.717, 1.165) is 18.0 Å². The average molecular weight is 192 g/mol. The highest BCUT2D eigenvalue weighted by Crippen LogP contribution is 2.15. The van der Waals surface area contributed by atoms with Crippen molar-refractivity contribution in [2.75, 3.05) is 17.3 Å². The van der Waals surface area contributed by atoms with Gasteiger partial charge in [0.1, 0.15) is 13.0 Å². The summed E-state index contributed by atoms with van der Waals surface area (Å²) in [6.45, 7) is 4.73. The van der Waals surface area contributed by atoms with Gasteiger partial charge < -0.3 is 10.6 Å². The quantitative estimate of drug-likeness (QED) is 0.664. The van der Waals surface area contributed by atoms with Crippen molar-refractivity contribution in [3.63, 3.8) is 0 Å². The molecule has 0 unspecified atom stereocenters. The number of nitrogens with one attached hydrogen (secondary N) is 1. The highest BCUT2D eigenvalue weighted by Gasteiger charge is 2.05. The predicted molar refractivity (Wildman–Crippen MR) is 61.2 cm³/mol. The lowest BCUT2D eigenvalue weighted by molar-refractivity contribution is 0.808. The van der Waals surface area contributed by atoms with Gasteiger partial charge in [-0.25, -0.2) is 0 Å². The summed E-state index contributed by atoms with van der Waals surface area (Å²) in [5, 5.41) is 3.88. The van der Waals surface area contributed by atoms with E-state index in [4.69, 9.17) is 5.73 Å². The van der Waals surface area contributed by atoms with E-state index in [1.807, 2.05) is 43.0 Å². The molecule has 0 fully saturated rings. The summed E-state index contributed by atoms with van der Waals surface area (Å²) in [4.78, 5) is 2.00. The molecule has 0 amide bonds. The Bertz CT molecular complexity index is 291. The van der Waals surface area contributed by atoms with Gasteiger partial charge in [-0.3, -0.25) is 5.43 Å². The first-order valence-corrected chi connectivity index (χ1v) is 4.74. The Balaban J connectivity index is 0.000000461. The van der Waals surface area contributed by atoms with Crippen molar-refractivity contribution in [1.29, 1.82) is 0 Å². The summed E-state index contributed by atoms with van der Waals surface area (Å²) in [7, 11) is 0. The van der Waals surface area contributed by atoms with Crippen LogP contribution in [0.5, 0.6) is 0 Å². The van der Waals surface area contributed by atoms with Crippen LogP contribution in [0.2, 0.25) is 0 Å². The number of hydrogen-bond donors (Lipinski definition) is 2. The number of nitrogens with two attached hydrogens (primary N) is 1. The second-order valence-corrected chi connectivity index (χ2v) is 2.62. The number of benzene rings is 1. The molecule has 0 aromatic heterocycles. The maximum Gasteiger partial charge on any atom is 0.117 e. The first-order valence-electron chi connectivity index (χ1n) is 4.74. The fraction of sp³-hybridized carbons (Fsp3) is 0.300. The maximum atomic E-state index is 5.56. The topological polar surface area (TPSA) is 53.6 Å². The summed E-state index contributed by atoms with van der Waals surface area (Å²) < 4.78 is 0. The molecule has 0 saturated heterocycles. The number of hydrazone groups is 1. The van der Waals surface area contributed by atoms with Crippen molar-refractivity contribution < 1.29 is 0 Å². The van der Waals surface area contributed by atoms with Gasteiger partial charge in [0.15, 0.2) is 0 Å². The van der Waals surface area contributed by atoms with Crippen molar-refractivity contribution >= 4 is 17.7 Å². The molecular formula is C10H16N4. The molecule has 2 rings (SSSR count). The fourth-order valence-corrected chi connectivity index (χ4v) is 1.09. The van der Waals surface area contributed by atoms with Crippen LogP contribution in [-0.2, 0) is 0 Å². The zero-order valence-corrected chi connectivity index (χ0v) is 8.57. The molecule has 4 heteroatoms. The van der Waals surface area contributed by atoms with Gasteiger partial charge in [0.05, 0.1) is 0 Å². The third-order valence-electron chi connectivity index (χ3n) is 1.75. The summed E-state index contributed by atoms with van der Waals surface area (Å²) in [5.74, 6) is 0. The molecular weight excluding hydrogens is 176 g/mol. The molecule has 76 valence electrons. The molecule has 0 aliphatic carbocycles. The first kappa shape index (κ1) is 10.4. The van der Waals surface area contributed by atoms with E-state index < -0.39 is 0 Å². The molecule has 14 heavy (non-hydrogen) atoms. The van der Waals surface area contributed by atoms with Crippen LogP contribution in [0.15, 0.2) is 29.4 Å². The SMILES string of the molecule is CC.Nc1ccc(N2C=NNC2)cc1. The summed E-state index contributed by atoms with van der Waals surface area (Å²) in [6.07, 6.45) is 1.76. The van der Waals surface area contributed by atoms with Gasteiger partial charge in [-0.15, -0.1) is 0 Å². The van der Waals surface area contributed by atoms with Gasteiger partial charge in [-0.1, -0.05) is 13.8 Å². The van der Waals surface area contributed by atoms with E-state index in [1.54, 1.807) is 6.34 Å². The molecule has 3 N–H and O–H groups in total. The number of nitrogen functional groups attached to an aromatic ring is 1. The van der Waals surface area contributed by atoms with Crippen LogP contribution < -0.4 is 16.1 Å². The van der Waals surface area contributed by atoms with E-state index in [1.165, 1.54) is 0 Å². The molecule has 4 nitrogen and oxygen atoms in total. The Kier molecular flexibility index (Phi) is 3.79. The molecule has 1 aliphatic heterocycles. The molecule has 0 spiro atoms. The van der Waals surface area contributed by atoms with Crippen molar-refractivity contribution in [2.45, 2.75) is 13.8 Å². The monoisotopic (exact) mass is 192 g/mol. The number of anilines is 2. The standard InChI is InChI=1S/C8H10N4.C2H6/c9-7-1-3-8(4-2-7)12-5-10-11-6-12;1-2/h1-5,11H,6,9H2;1-2H3. The summed E-state index contributed by atoms with van der Waals surface area (Å²) in [6, 6.07) is 7.69. The van der Waals surface area contributed by atoms with Gasteiger partial charge >= 0.3 is 0 Å². The molecule has 0 bridgehead atoms. The van der Waals surface area contributed by atoms with Crippen LogP contribution >= 0.6 is 0 Å². The van der Waals surface area contributed by atoms with Crippen LogP contribution in [0.25, 0.3) is 0 Å². The van der Waals surface area contributed by atoms with E-state index in [-0.39, 0.29) is 0 Å². The lowest BCUT2D eigenvalue weighted by Crippen LogP contribution is -2.22. The van der Waals surface area contributed by atoms with Gasteiger partial charge in [0, 0.05) is 11.4 Å². The van der Waals surface area contributed by atoms with Gasteiger partial charge in [-0.2, -0.15) is 5.10 Å². The predicted octanol–water partition coefficient (Wildman–Crippen LogP) is 1.61. The average Bonchev–Trinajstić information content (AvgIpc) is 2.75. The molecule has 1 aromatic carbocycles. The lowest BCUT2D eigenvalue weighted by atomic mass is 10.3. The molecule has 0 saturated carbocycles. The third-order valence-corrected chi connectivity index (χ3v) is 1.75. The molecule has 1 aliphatic rings. The number of nitrogens with zero attached hydrogens (tertiary/aromatic N) is 2. The Labute approximate surface area is 84.4 Å². The first-order chi connectivity index (χ1) is 6.86. The van der Waals surface area contributed by atoms with Crippen LogP contribution in [-0.4, -0.2) is 13.0 Å². The molecule has 1 aromatic rings. The maximum absolute atomic E-state index is 5.56. The second kappa shape index (κ2) is 5.11. The highest BCUT2D eigenvalue weighted by molar-refractivity contribution is 5.80. The summed E-state index contributed by atoms with van der Waals surface area (Å²) >= 11 is 0. The van der Waals surface area contributed by atoms with Gasteiger partial charge in [0.25, 0.3) is 0 Å². The molecule has 0 atom stereocenters. The van der Waals surface area contributed by atoms with Crippen molar-refractivity contribution in [3.8, 4) is 0 Å². The minimum absolute atomic E-state index is 0.726. The minimum atomic E-state index is 0.726. The van der Waals surface area contributed by atoms with Crippen LogP contribution in [0.3, 0.4) is 0 Å². The van der Waals surface area contributed by atoms with Crippen molar-refractivity contribution in [1.82, 2.24) is 5.43 Å². The van der Waals surface area contributed by atoms with E-state index in [2.05, 4.69) is 10.5 Å². The Morgan fingerprint density at radius 2 is 1.93 bits per heavy atom. The largest absolute Gasteiger partial charge is 0.399 e. The third kappa shape index (κ3) is 2.39. The Hall–Kier alpha value is -1.71. The van der Waals surface area contributed by atoms with Crippen LogP contribution in [0.4, 0.5) is 11.4 Å². The second-order valence-electron chi connectivity index (χ2n) is 2.62. The van der Waals surface area contributed by atoms with Crippen LogP contribution in [0, 0.1) is 0 Å². The zero-order valence-electron chi connectivity index (χ0n) is 8.57. The normalized spacial score (nSPS) is 13.1. The lowest BCUT2D eigenvalue weighted by Gasteiger charge is -2.12. The minimum Gasteiger partial charge on any atom is -0.399 e. The van der Waals surface area contributed by atoms with Crippen LogP contribution in [0.1, 0.15) is 13.8 Å². The molecule has 1 heterocycles. The number of hydrogen-bond acceptors (Lipinski definition) is 4. The Morgan fingerprint density at radius 3 is 2.43 bits per heavy atom. The zero-order chi connectivity index (χ0) is 10.4. The fourth-order valence-electron chi connectivity index (χ4n) is 1.09. The van der Waals surface area contributed by atoms with Crippen molar-refractivity contribution in [2.24, 2.45) is 5.10 Å². The highest BCUT2D eigenvalue weighted by atomic mass is 15.5. The van der Waals surface area contributed by atoms with E-state index in [9.17, 15) is 0 Å². The van der Waals surface area contributed by atoms with Gasteiger partial charge in [-0.05, 0) is 24.3 Å². The number of rotatable bonds is 1. The smallest absolute Gasteiger partial charge is 0.117 e. The van der Waals surface area contributed by atoms with Crippen molar-refractivity contribution in [3.05, 3.63) is 24.3 Å². The molecule has 0 radical (unpaired) electrons. The Morgan fingerprint density at radius 1 is 1.29 bits per heavy atom. The summed E-state index contributed by atoms with van der Waals surface area (Å²) in [5.41, 5.74) is 10.3. The van der Waals surface area contributed by atoms with Gasteiger partial charge in [0.2, 0.25) is 0 Å². The van der Waals surface area contributed by atoms with E-state index >= 15 is 0 Å².